The average molecular weight is 329 g/mol. The van der Waals surface area contributed by atoms with Crippen LogP contribution in [0.25, 0.3) is 6.08 Å². The Morgan fingerprint density at radius 2 is 1.71 bits per heavy atom. The normalized spacial score (nSPS) is 27.6. The highest BCUT2D eigenvalue weighted by Crippen LogP contribution is 2.68. The highest BCUT2D eigenvalue weighted by Gasteiger charge is 2.47. The van der Waals surface area contributed by atoms with Gasteiger partial charge < -0.3 is 0 Å². The third-order valence-corrected chi connectivity index (χ3v) is 8.86. The van der Waals surface area contributed by atoms with Crippen molar-refractivity contribution in [3.63, 3.8) is 0 Å². The van der Waals surface area contributed by atoms with E-state index in [0.29, 0.717) is 17.5 Å². The molecule has 4 unspecified atom stereocenters. The van der Waals surface area contributed by atoms with Crippen LogP contribution in [0.1, 0.15) is 29.6 Å². The molecule has 0 fully saturated rings. The Morgan fingerprint density at radius 3 is 2.54 bits per heavy atom. The van der Waals surface area contributed by atoms with Gasteiger partial charge >= 0.3 is 7.57 Å². The SMILES string of the molecule is [B][P+](C)(c1ccccc1)C1c2ccccc2C=CC2C=CCCC21. The van der Waals surface area contributed by atoms with Crippen LogP contribution in [0.4, 0.5) is 0 Å². The van der Waals surface area contributed by atoms with Crippen LogP contribution >= 0.6 is 7.14 Å². The minimum absolute atomic E-state index is 0.418. The first-order valence-electron chi connectivity index (χ1n) is 8.82. The molecular weight excluding hydrogens is 306 g/mol. The molecule has 4 atom stereocenters. The van der Waals surface area contributed by atoms with E-state index in [2.05, 4.69) is 85.6 Å². The Balaban J connectivity index is 1.89. The molecule has 118 valence electrons. The first-order valence-corrected chi connectivity index (χ1v) is 11.2. The molecule has 0 nitrogen and oxygen atoms in total. The molecule has 0 spiro atoms. The topological polar surface area (TPSA) is 0 Å². The van der Waals surface area contributed by atoms with Crippen molar-refractivity contribution in [2.45, 2.75) is 18.5 Å². The molecule has 0 saturated carbocycles. The Labute approximate surface area is 147 Å². The number of hydrogen-bond acceptors (Lipinski definition) is 0. The third kappa shape index (κ3) is 2.70. The van der Waals surface area contributed by atoms with Crippen molar-refractivity contribution in [3.05, 3.63) is 84.0 Å². The molecule has 2 aliphatic rings. The second kappa shape index (κ2) is 6.38. The average Bonchev–Trinajstić information content (AvgIpc) is 2.79. The van der Waals surface area contributed by atoms with Gasteiger partial charge in [-0.15, -0.1) is 0 Å². The van der Waals surface area contributed by atoms with E-state index in [0.717, 1.165) is 0 Å². The predicted molar refractivity (Wildman–Crippen MR) is 108 cm³/mol. The van der Waals surface area contributed by atoms with Gasteiger partial charge in [0, 0.05) is 18.5 Å². The summed E-state index contributed by atoms with van der Waals surface area (Å²) < 4.78 is 0. The molecule has 2 aromatic carbocycles. The summed E-state index contributed by atoms with van der Waals surface area (Å²) in [7, 11) is 5.37. The summed E-state index contributed by atoms with van der Waals surface area (Å²) in [5.41, 5.74) is 3.21. The zero-order valence-electron chi connectivity index (χ0n) is 14.2. The zero-order chi connectivity index (χ0) is 16.6. The number of rotatable bonds is 2. The zero-order valence-corrected chi connectivity index (χ0v) is 15.1. The molecule has 0 amide bonds. The Kier molecular flexibility index (Phi) is 4.23. The first-order chi connectivity index (χ1) is 11.7. The predicted octanol–water partition coefficient (Wildman–Crippen LogP) is 5.39. The minimum Gasteiger partial charge on any atom is -0.0879 e. The second-order valence-corrected chi connectivity index (χ2v) is 10.5. The van der Waals surface area contributed by atoms with Crippen LogP contribution in [0.15, 0.2) is 72.8 Å². The van der Waals surface area contributed by atoms with E-state index in [1.807, 2.05) is 0 Å². The summed E-state index contributed by atoms with van der Waals surface area (Å²) >= 11 is 0. The molecule has 0 saturated heterocycles. The van der Waals surface area contributed by atoms with Gasteiger partial charge in [0.2, 0.25) is 0 Å². The van der Waals surface area contributed by atoms with Gasteiger partial charge in [-0.25, -0.2) is 0 Å². The highest BCUT2D eigenvalue weighted by atomic mass is 31.2. The Hall–Kier alpha value is -1.59. The summed E-state index contributed by atoms with van der Waals surface area (Å²) in [5.74, 6) is 1.10. The fourth-order valence-corrected chi connectivity index (χ4v) is 7.52. The van der Waals surface area contributed by atoms with Gasteiger partial charge in [0.25, 0.3) is 0 Å². The lowest BCUT2D eigenvalue weighted by Crippen LogP contribution is -2.28. The van der Waals surface area contributed by atoms with Gasteiger partial charge in [-0.3, -0.25) is 0 Å². The van der Waals surface area contributed by atoms with Gasteiger partial charge in [-0.1, -0.05) is 66.8 Å². The van der Waals surface area contributed by atoms with Gasteiger partial charge in [0.1, 0.15) is 0 Å². The molecule has 2 heteroatoms. The summed E-state index contributed by atoms with van der Waals surface area (Å²) in [6.07, 6.45) is 11.8. The molecule has 0 bridgehead atoms. The maximum atomic E-state index is 7.16. The summed E-state index contributed by atoms with van der Waals surface area (Å²) in [4.78, 5) is 0. The number of hydrogen-bond donors (Lipinski definition) is 0. The largest absolute Gasteiger partial charge is 0.371 e. The lowest BCUT2D eigenvalue weighted by molar-refractivity contribution is 0.398. The fraction of sp³-hybridized carbons (Fsp3) is 0.273. The van der Waals surface area contributed by atoms with Crippen LogP contribution in [0.2, 0.25) is 0 Å². The van der Waals surface area contributed by atoms with E-state index in [1.54, 1.807) is 0 Å². The smallest absolute Gasteiger partial charge is 0.0879 e. The van der Waals surface area contributed by atoms with Crippen LogP contribution in [0.5, 0.6) is 0 Å². The van der Waals surface area contributed by atoms with E-state index in [9.17, 15) is 0 Å². The molecule has 0 aromatic heterocycles. The molecule has 2 aromatic rings. The minimum atomic E-state index is -1.79. The lowest BCUT2D eigenvalue weighted by atomic mass is 9.80. The third-order valence-electron chi connectivity index (χ3n) is 5.63. The van der Waals surface area contributed by atoms with Gasteiger partial charge in [-0.2, -0.15) is 0 Å². The first kappa shape index (κ1) is 15.9. The van der Waals surface area contributed by atoms with Crippen LogP contribution in [0.3, 0.4) is 0 Å². The number of fused-ring (bicyclic) bond motifs is 2. The van der Waals surface area contributed by atoms with Crippen molar-refractivity contribution in [2.24, 2.45) is 11.8 Å². The van der Waals surface area contributed by atoms with Gasteiger partial charge in [0.05, 0.1) is 11.0 Å². The number of benzene rings is 2. The fourth-order valence-electron chi connectivity index (χ4n) is 4.43. The van der Waals surface area contributed by atoms with Crippen molar-refractivity contribution < 1.29 is 0 Å². The molecule has 0 heterocycles. The van der Waals surface area contributed by atoms with Crippen molar-refractivity contribution in [3.8, 4) is 0 Å². The van der Waals surface area contributed by atoms with Crippen LogP contribution in [0, 0.1) is 11.8 Å². The maximum absolute atomic E-state index is 7.16. The monoisotopic (exact) mass is 329 g/mol. The number of allylic oxidation sites excluding steroid dienone is 3. The van der Waals surface area contributed by atoms with Crippen molar-refractivity contribution in [1.82, 2.24) is 0 Å². The molecule has 24 heavy (non-hydrogen) atoms. The highest BCUT2D eigenvalue weighted by molar-refractivity contribution is 8.02. The van der Waals surface area contributed by atoms with Crippen LogP contribution < -0.4 is 5.30 Å². The quantitative estimate of drug-likeness (QED) is 0.393. The van der Waals surface area contributed by atoms with Gasteiger partial charge in [-0.05, 0) is 43.2 Å². The Morgan fingerprint density at radius 1 is 0.958 bits per heavy atom. The summed E-state index contributed by atoms with van der Waals surface area (Å²) in [6.45, 7) is 2.32. The van der Waals surface area contributed by atoms with Crippen molar-refractivity contribution in [2.75, 3.05) is 6.66 Å². The maximum Gasteiger partial charge on any atom is 0.371 e. The summed E-state index contributed by atoms with van der Waals surface area (Å²) in [5, 5.41) is 1.33. The second-order valence-electron chi connectivity index (χ2n) is 7.16. The van der Waals surface area contributed by atoms with E-state index in [4.69, 9.17) is 7.57 Å². The van der Waals surface area contributed by atoms with Crippen LogP contribution in [-0.2, 0) is 0 Å². The van der Waals surface area contributed by atoms with Gasteiger partial charge in [0.15, 0.2) is 0 Å². The van der Waals surface area contributed by atoms with E-state index in [1.165, 1.54) is 29.3 Å². The molecular formula is C22H23BP+. The van der Waals surface area contributed by atoms with E-state index >= 15 is 0 Å². The molecule has 2 radical (unpaired) electrons. The molecule has 0 N–H and O–H groups in total. The molecule has 2 aliphatic carbocycles. The molecule has 0 aliphatic heterocycles. The van der Waals surface area contributed by atoms with Crippen molar-refractivity contribution in [1.29, 1.82) is 0 Å². The molecule has 4 rings (SSSR count). The van der Waals surface area contributed by atoms with E-state index < -0.39 is 7.14 Å². The van der Waals surface area contributed by atoms with E-state index in [-0.39, 0.29) is 0 Å². The van der Waals surface area contributed by atoms with Crippen molar-refractivity contribution >= 4 is 26.1 Å². The lowest BCUT2D eigenvalue weighted by Gasteiger charge is -2.38. The van der Waals surface area contributed by atoms with Crippen LogP contribution in [-0.4, -0.2) is 14.2 Å². The standard InChI is InChI=1S/C22H23BP/c1-24(23,19-11-3-2-4-12-19)22-20-13-7-5-9-17(20)15-16-18-10-6-8-14-21(18)22/h2-7,9-13,15-16,18,21-22H,8,14H2,1H3/q+1. The summed E-state index contributed by atoms with van der Waals surface area (Å²) in [6, 6.07) is 19.6. The Bertz CT molecular complexity index is 776.